The molecule has 0 aliphatic carbocycles. The van der Waals surface area contributed by atoms with Crippen LogP contribution in [0.5, 0.6) is 0 Å². The first kappa shape index (κ1) is 18.1. The highest BCUT2D eigenvalue weighted by Gasteiger charge is 2.19. The topological polar surface area (TPSA) is 103 Å². The van der Waals surface area contributed by atoms with Crippen LogP contribution >= 0.6 is 11.6 Å². The zero-order chi connectivity index (χ0) is 19.5. The van der Waals surface area contributed by atoms with E-state index in [2.05, 4.69) is 36.8 Å². The van der Waals surface area contributed by atoms with Gasteiger partial charge in [-0.1, -0.05) is 11.6 Å². The first-order valence-corrected chi connectivity index (χ1v) is 9.11. The molecule has 4 rings (SSSR count). The van der Waals surface area contributed by atoms with E-state index in [0.29, 0.717) is 41.6 Å². The van der Waals surface area contributed by atoms with Crippen LogP contribution in [0.25, 0.3) is 11.0 Å². The molecule has 0 atom stereocenters. The Labute approximate surface area is 165 Å². The SMILES string of the molecule is N#CN1CCC(Nc2ncc3ncnc(Nc4ccc(F)c(Cl)c4)c3n2)CC1. The highest BCUT2D eigenvalue weighted by molar-refractivity contribution is 6.31. The van der Waals surface area contributed by atoms with E-state index < -0.39 is 5.82 Å². The third-order valence-corrected chi connectivity index (χ3v) is 4.82. The lowest BCUT2D eigenvalue weighted by atomic mass is 10.1. The highest BCUT2D eigenvalue weighted by Crippen LogP contribution is 2.25. The van der Waals surface area contributed by atoms with E-state index in [1.54, 1.807) is 17.2 Å². The summed E-state index contributed by atoms with van der Waals surface area (Å²) in [5, 5.41) is 15.4. The Morgan fingerprint density at radius 2 is 2.04 bits per heavy atom. The number of aromatic nitrogens is 4. The molecule has 0 radical (unpaired) electrons. The summed E-state index contributed by atoms with van der Waals surface area (Å²) in [6.45, 7) is 1.42. The second-order valence-corrected chi connectivity index (χ2v) is 6.82. The van der Waals surface area contributed by atoms with Gasteiger partial charge in [0.15, 0.2) is 12.0 Å². The summed E-state index contributed by atoms with van der Waals surface area (Å²) < 4.78 is 13.4. The van der Waals surface area contributed by atoms with E-state index >= 15 is 0 Å². The summed E-state index contributed by atoms with van der Waals surface area (Å²) in [4.78, 5) is 19.0. The third kappa shape index (κ3) is 3.87. The van der Waals surface area contributed by atoms with Gasteiger partial charge in [-0.15, -0.1) is 0 Å². The molecule has 2 N–H and O–H groups in total. The molecule has 1 saturated heterocycles. The maximum Gasteiger partial charge on any atom is 0.223 e. The Morgan fingerprint density at radius 1 is 1.21 bits per heavy atom. The highest BCUT2D eigenvalue weighted by atomic mass is 35.5. The van der Waals surface area contributed by atoms with Crippen LogP contribution in [0, 0.1) is 17.3 Å². The zero-order valence-electron chi connectivity index (χ0n) is 14.7. The van der Waals surface area contributed by atoms with Crippen molar-refractivity contribution in [2.75, 3.05) is 23.7 Å². The minimum Gasteiger partial charge on any atom is -0.351 e. The van der Waals surface area contributed by atoms with Crippen molar-refractivity contribution in [3.8, 4) is 6.19 Å². The number of hydrogen-bond acceptors (Lipinski definition) is 8. The van der Waals surface area contributed by atoms with Gasteiger partial charge >= 0.3 is 0 Å². The van der Waals surface area contributed by atoms with Crippen molar-refractivity contribution in [1.82, 2.24) is 24.8 Å². The van der Waals surface area contributed by atoms with Crippen molar-refractivity contribution in [3.05, 3.63) is 41.6 Å². The number of nitrogens with zero attached hydrogens (tertiary/aromatic N) is 6. The van der Waals surface area contributed by atoms with Crippen molar-refractivity contribution in [1.29, 1.82) is 5.26 Å². The fraction of sp³-hybridized carbons (Fsp3) is 0.278. The minimum atomic E-state index is -0.490. The van der Waals surface area contributed by atoms with Gasteiger partial charge in [0.1, 0.15) is 23.2 Å². The number of hydrogen-bond donors (Lipinski definition) is 2. The summed E-state index contributed by atoms with van der Waals surface area (Å²) >= 11 is 5.85. The molecule has 3 aromatic rings. The van der Waals surface area contributed by atoms with Crippen molar-refractivity contribution >= 4 is 40.1 Å². The van der Waals surface area contributed by atoms with Crippen LogP contribution < -0.4 is 10.6 Å². The molecular formula is C18H16ClFN8. The number of fused-ring (bicyclic) bond motifs is 1. The van der Waals surface area contributed by atoms with Gasteiger partial charge in [-0.2, -0.15) is 5.26 Å². The Morgan fingerprint density at radius 3 is 2.79 bits per heavy atom. The molecule has 2 aromatic heterocycles. The monoisotopic (exact) mass is 398 g/mol. The summed E-state index contributed by atoms with van der Waals surface area (Å²) in [7, 11) is 0. The number of rotatable bonds is 4. The lowest BCUT2D eigenvalue weighted by Gasteiger charge is -2.28. The second-order valence-electron chi connectivity index (χ2n) is 6.41. The molecule has 28 heavy (non-hydrogen) atoms. The molecule has 1 aromatic carbocycles. The number of likely N-dealkylation sites (tertiary alicyclic amines) is 1. The van der Waals surface area contributed by atoms with Crippen LogP contribution in [0.2, 0.25) is 5.02 Å². The van der Waals surface area contributed by atoms with Gasteiger partial charge in [0.05, 0.1) is 11.2 Å². The molecule has 1 aliphatic rings. The molecule has 8 nitrogen and oxygen atoms in total. The summed E-state index contributed by atoms with van der Waals surface area (Å²) in [5.41, 5.74) is 1.70. The molecular weight excluding hydrogens is 383 g/mol. The van der Waals surface area contributed by atoms with Gasteiger partial charge in [-0.25, -0.2) is 24.3 Å². The van der Waals surface area contributed by atoms with Crippen LogP contribution in [0.4, 0.5) is 21.8 Å². The molecule has 3 heterocycles. The standard InChI is InChI=1S/C18H16ClFN8/c19-13-7-12(1-2-14(13)20)25-17-16-15(23-10-24-17)8-22-18(27-16)26-11-3-5-28(9-21)6-4-11/h1-2,7-8,10-11H,3-6H2,(H,22,26,27)(H,23,24,25). The molecule has 1 aliphatic heterocycles. The van der Waals surface area contributed by atoms with E-state index in [1.807, 2.05) is 0 Å². The fourth-order valence-corrected chi connectivity index (χ4v) is 3.21. The van der Waals surface area contributed by atoms with E-state index in [1.165, 1.54) is 18.5 Å². The number of nitrogens with one attached hydrogen (secondary N) is 2. The average molecular weight is 399 g/mol. The first-order chi connectivity index (χ1) is 13.6. The first-order valence-electron chi connectivity index (χ1n) is 8.73. The van der Waals surface area contributed by atoms with Crippen LogP contribution in [0.3, 0.4) is 0 Å². The average Bonchev–Trinajstić information content (AvgIpc) is 2.72. The molecule has 1 fully saturated rings. The van der Waals surface area contributed by atoms with E-state index in [-0.39, 0.29) is 11.1 Å². The van der Waals surface area contributed by atoms with Crippen LogP contribution in [0.15, 0.2) is 30.7 Å². The van der Waals surface area contributed by atoms with Crippen molar-refractivity contribution in [3.63, 3.8) is 0 Å². The summed E-state index contributed by atoms with van der Waals surface area (Å²) in [6.07, 6.45) is 6.86. The quantitative estimate of drug-likeness (QED) is 0.645. The van der Waals surface area contributed by atoms with Gasteiger partial charge in [-0.3, -0.25) is 0 Å². The van der Waals surface area contributed by atoms with Crippen LogP contribution in [-0.2, 0) is 0 Å². The fourth-order valence-electron chi connectivity index (χ4n) is 3.03. The summed E-state index contributed by atoms with van der Waals surface area (Å²) in [6, 6.07) is 4.52. The molecule has 10 heteroatoms. The van der Waals surface area contributed by atoms with Gasteiger partial charge in [0.25, 0.3) is 0 Å². The molecule has 0 amide bonds. The van der Waals surface area contributed by atoms with Gasteiger partial charge < -0.3 is 15.5 Å². The normalized spacial score (nSPS) is 14.7. The molecule has 0 unspecified atom stereocenters. The number of anilines is 3. The van der Waals surface area contributed by atoms with E-state index in [4.69, 9.17) is 16.9 Å². The minimum absolute atomic E-state index is 0.0176. The van der Waals surface area contributed by atoms with E-state index in [0.717, 1.165) is 12.8 Å². The number of halogens is 2. The van der Waals surface area contributed by atoms with Gasteiger partial charge in [-0.05, 0) is 31.0 Å². The lowest BCUT2D eigenvalue weighted by Crippen LogP contribution is -2.36. The van der Waals surface area contributed by atoms with Crippen LogP contribution in [0.1, 0.15) is 12.8 Å². The van der Waals surface area contributed by atoms with E-state index in [9.17, 15) is 4.39 Å². The van der Waals surface area contributed by atoms with Crippen molar-refractivity contribution in [2.24, 2.45) is 0 Å². The smallest absolute Gasteiger partial charge is 0.223 e. The van der Waals surface area contributed by atoms with Crippen LogP contribution in [-0.4, -0.2) is 44.0 Å². The Hall–Kier alpha value is -3.25. The lowest BCUT2D eigenvalue weighted by molar-refractivity contribution is 0.305. The molecule has 142 valence electrons. The Balaban J connectivity index is 1.57. The van der Waals surface area contributed by atoms with Crippen molar-refractivity contribution < 1.29 is 4.39 Å². The zero-order valence-corrected chi connectivity index (χ0v) is 15.5. The predicted octanol–water partition coefficient (Wildman–Crippen LogP) is 3.31. The third-order valence-electron chi connectivity index (χ3n) is 4.53. The summed E-state index contributed by atoms with van der Waals surface area (Å²) in [5.74, 6) is 0.450. The predicted molar refractivity (Wildman–Crippen MR) is 104 cm³/mol. The van der Waals surface area contributed by atoms with Gasteiger partial charge in [0, 0.05) is 24.8 Å². The Kier molecular flexibility index (Phi) is 5.04. The largest absolute Gasteiger partial charge is 0.351 e. The second kappa shape index (κ2) is 7.78. The Bertz CT molecular complexity index is 1050. The maximum absolute atomic E-state index is 13.4. The van der Waals surface area contributed by atoms with Gasteiger partial charge in [0.2, 0.25) is 5.95 Å². The number of nitriles is 1. The molecule has 0 spiro atoms. The molecule has 0 saturated carbocycles. The molecule has 0 bridgehead atoms. The van der Waals surface area contributed by atoms with Crippen molar-refractivity contribution in [2.45, 2.75) is 18.9 Å². The number of benzene rings is 1. The maximum atomic E-state index is 13.4. The number of piperidine rings is 1.